The van der Waals surface area contributed by atoms with Gasteiger partial charge in [0, 0.05) is 44.5 Å². The predicted octanol–water partition coefficient (Wildman–Crippen LogP) is -0.428. The number of aliphatic hydroxyl groups is 1. The van der Waals surface area contributed by atoms with Crippen LogP contribution in [-0.2, 0) is 20.6 Å². The summed E-state index contributed by atoms with van der Waals surface area (Å²) < 4.78 is 2.67. The van der Waals surface area contributed by atoms with E-state index in [1.165, 1.54) is 7.05 Å². The number of aromatic nitrogens is 2. The first kappa shape index (κ1) is 13.6. The van der Waals surface area contributed by atoms with E-state index in [2.05, 4.69) is 4.90 Å². The zero-order chi connectivity index (χ0) is 14.4. The van der Waals surface area contributed by atoms with Crippen LogP contribution in [0.5, 0.6) is 0 Å². The molecule has 1 aromatic heterocycles. The summed E-state index contributed by atoms with van der Waals surface area (Å²) in [5.74, 6) is 0. The van der Waals surface area contributed by atoms with Crippen molar-refractivity contribution >= 4 is 0 Å². The van der Waals surface area contributed by atoms with E-state index < -0.39 is 0 Å². The molecular weight excluding hydrogens is 258 g/mol. The van der Waals surface area contributed by atoms with Gasteiger partial charge in [-0.3, -0.25) is 18.8 Å². The molecule has 6 nitrogen and oxygen atoms in total. The molecule has 0 saturated carbocycles. The molecule has 2 unspecified atom stereocenters. The number of nitrogens with zero attached hydrogens (tertiary/aromatic N) is 3. The van der Waals surface area contributed by atoms with Gasteiger partial charge in [0.25, 0.3) is 5.56 Å². The Morgan fingerprint density at radius 1 is 1.15 bits per heavy atom. The summed E-state index contributed by atoms with van der Waals surface area (Å²) in [5, 5.41) is 9.82. The molecule has 3 heterocycles. The molecule has 0 aliphatic carbocycles. The van der Waals surface area contributed by atoms with Gasteiger partial charge >= 0.3 is 5.69 Å². The standard InChI is InChI=1S/C14H21N3O3/c1-15-11(7-13(19)16(2)14(15)20)8-17-9-3-4-10(17)6-12(18)5-9/h7,9-10,12,18H,3-6,8H2,1-2H3. The van der Waals surface area contributed by atoms with Gasteiger partial charge in [0.15, 0.2) is 0 Å². The van der Waals surface area contributed by atoms with E-state index >= 15 is 0 Å². The first-order valence-electron chi connectivity index (χ1n) is 7.17. The molecule has 2 aliphatic heterocycles. The monoisotopic (exact) mass is 279 g/mol. The van der Waals surface area contributed by atoms with Gasteiger partial charge in [-0.25, -0.2) is 4.79 Å². The third-order valence-corrected chi connectivity index (χ3v) is 4.83. The fraction of sp³-hybridized carbons (Fsp3) is 0.714. The Morgan fingerprint density at radius 2 is 1.75 bits per heavy atom. The van der Waals surface area contributed by atoms with Crippen LogP contribution < -0.4 is 11.2 Å². The first-order valence-corrected chi connectivity index (χ1v) is 7.17. The minimum Gasteiger partial charge on any atom is -0.393 e. The molecule has 0 spiro atoms. The largest absolute Gasteiger partial charge is 0.393 e. The predicted molar refractivity (Wildman–Crippen MR) is 74.5 cm³/mol. The second-order valence-electron chi connectivity index (χ2n) is 6.06. The molecule has 0 aromatic carbocycles. The summed E-state index contributed by atoms with van der Waals surface area (Å²) >= 11 is 0. The Bertz CT molecular complexity index is 620. The third-order valence-electron chi connectivity index (χ3n) is 4.83. The number of fused-ring (bicyclic) bond motifs is 2. The van der Waals surface area contributed by atoms with Crippen LogP contribution >= 0.6 is 0 Å². The van der Waals surface area contributed by atoms with Crippen LogP contribution in [0.15, 0.2) is 15.7 Å². The van der Waals surface area contributed by atoms with Gasteiger partial charge in [-0.2, -0.15) is 0 Å². The lowest BCUT2D eigenvalue weighted by Crippen LogP contribution is -2.46. The smallest absolute Gasteiger partial charge is 0.330 e. The van der Waals surface area contributed by atoms with Gasteiger partial charge in [0.1, 0.15) is 0 Å². The normalized spacial score (nSPS) is 29.9. The zero-order valence-corrected chi connectivity index (χ0v) is 12.0. The summed E-state index contributed by atoms with van der Waals surface area (Å²) in [6.45, 7) is 0.615. The number of aliphatic hydroxyl groups excluding tert-OH is 1. The Kier molecular flexibility index (Phi) is 3.30. The maximum atomic E-state index is 12.0. The van der Waals surface area contributed by atoms with Crippen LogP contribution in [0, 0.1) is 0 Å². The van der Waals surface area contributed by atoms with Crippen LogP contribution in [0.1, 0.15) is 31.4 Å². The molecule has 0 amide bonds. The van der Waals surface area contributed by atoms with E-state index in [1.807, 2.05) is 0 Å². The second kappa shape index (κ2) is 4.86. The minimum absolute atomic E-state index is 0.198. The maximum absolute atomic E-state index is 12.0. The van der Waals surface area contributed by atoms with Crippen LogP contribution in [-0.4, -0.2) is 37.3 Å². The lowest BCUT2D eigenvalue weighted by Gasteiger charge is -2.37. The Labute approximate surface area is 117 Å². The molecule has 2 fully saturated rings. The highest BCUT2D eigenvalue weighted by atomic mass is 16.3. The zero-order valence-electron chi connectivity index (χ0n) is 12.0. The fourth-order valence-electron chi connectivity index (χ4n) is 3.62. The third kappa shape index (κ3) is 2.13. The van der Waals surface area contributed by atoms with E-state index in [4.69, 9.17) is 0 Å². The van der Waals surface area contributed by atoms with E-state index in [-0.39, 0.29) is 17.4 Å². The van der Waals surface area contributed by atoms with Gasteiger partial charge in [-0.05, 0) is 25.7 Å². The van der Waals surface area contributed by atoms with Gasteiger partial charge in [-0.1, -0.05) is 0 Å². The quantitative estimate of drug-likeness (QED) is 0.798. The van der Waals surface area contributed by atoms with Crippen molar-refractivity contribution in [2.24, 2.45) is 14.1 Å². The van der Waals surface area contributed by atoms with Crippen molar-refractivity contribution in [3.05, 3.63) is 32.6 Å². The maximum Gasteiger partial charge on any atom is 0.330 e. The van der Waals surface area contributed by atoms with Crippen LogP contribution in [0.25, 0.3) is 0 Å². The average Bonchev–Trinajstić information content (AvgIpc) is 2.64. The van der Waals surface area contributed by atoms with Gasteiger partial charge in [0.05, 0.1) is 6.10 Å². The van der Waals surface area contributed by atoms with Crippen molar-refractivity contribution in [2.75, 3.05) is 0 Å². The van der Waals surface area contributed by atoms with Crippen LogP contribution in [0.3, 0.4) is 0 Å². The van der Waals surface area contributed by atoms with Gasteiger partial charge in [0.2, 0.25) is 0 Å². The number of hydrogen-bond donors (Lipinski definition) is 1. The van der Waals surface area contributed by atoms with Crippen LogP contribution in [0.4, 0.5) is 0 Å². The van der Waals surface area contributed by atoms with E-state index in [0.29, 0.717) is 18.6 Å². The molecule has 110 valence electrons. The van der Waals surface area contributed by atoms with Crippen molar-refractivity contribution in [3.63, 3.8) is 0 Å². The highest BCUT2D eigenvalue weighted by Gasteiger charge is 2.40. The van der Waals surface area contributed by atoms with Crippen molar-refractivity contribution in [1.29, 1.82) is 0 Å². The van der Waals surface area contributed by atoms with Gasteiger partial charge < -0.3 is 5.11 Å². The van der Waals surface area contributed by atoms with E-state index in [1.54, 1.807) is 17.7 Å². The second-order valence-corrected chi connectivity index (χ2v) is 6.06. The number of rotatable bonds is 2. The fourth-order valence-corrected chi connectivity index (χ4v) is 3.62. The van der Waals surface area contributed by atoms with E-state index in [0.717, 1.165) is 35.9 Å². The molecule has 2 bridgehead atoms. The van der Waals surface area contributed by atoms with Gasteiger partial charge in [-0.15, -0.1) is 0 Å². The van der Waals surface area contributed by atoms with Crippen molar-refractivity contribution in [2.45, 2.75) is 50.4 Å². The van der Waals surface area contributed by atoms with E-state index in [9.17, 15) is 14.7 Å². The average molecular weight is 279 g/mol. The molecule has 3 rings (SSSR count). The summed E-state index contributed by atoms with van der Waals surface area (Å²) in [5.41, 5.74) is 0.218. The first-order chi connectivity index (χ1) is 9.47. The molecule has 2 atom stereocenters. The summed E-state index contributed by atoms with van der Waals surface area (Å²) in [7, 11) is 3.20. The summed E-state index contributed by atoms with van der Waals surface area (Å²) in [6, 6.07) is 2.30. The Morgan fingerprint density at radius 3 is 2.35 bits per heavy atom. The molecule has 6 heteroatoms. The number of piperidine rings is 1. The highest BCUT2D eigenvalue weighted by Crippen LogP contribution is 2.36. The molecule has 1 aromatic rings. The summed E-state index contributed by atoms with van der Waals surface area (Å²) in [4.78, 5) is 26.1. The van der Waals surface area contributed by atoms with Crippen LogP contribution in [0.2, 0.25) is 0 Å². The minimum atomic E-state index is -0.281. The Hall–Kier alpha value is -1.40. The van der Waals surface area contributed by atoms with Crippen molar-refractivity contribution in [3.8, 4) is 0 Å². The number of hydrogen-bond acceptors (Lipinski definition) is 4. The highest BCUT2D eigenvalue weighted by molar-refractivity contribution is 5.05. The van der Waals surface area contributed by atoms with Crippen molar-refractivity contribution in [1.82, 2.24) is 14.0 Å². The summed E-state index contributed by atoms with van der Waals surface area (Å²) in [6.07, 6.45) is 3.60. The lowest BCUT2D eigenvalue weighted by atomic mass is 10.00. The molecule has 2 saturated heterocycles. The van der Waals surface area contributed by atoms with Crippen molar-refractivity contribution < 1.29 is 5.11 Å². The molecule has 2 aliphatic rings. The Balaban J connectivity index is 1.90. The molecule has 20 heavy (non-hydrogen) atoms. The molecule has 0 radical (unpaired) electrons. The topological polar surface area (TPSA) is 67.5 Å². The SMILES string of the molecule is Cn1c(CN2C3CCC2CC(O)C3)cc(=O)n(C)c1=O. The molecule has 1 N–H and O–H groups in total. The molecular formula is C14H21N3O3. The lowest BCUT2D eigenvalue weighted by molar-refractivity contribution is 0.0297.